The number of hydrogen-bond donors (Lipinski definition) is 5. The standard InChI is InChI=1S/C36H33NO11/c1-15-9-20-19(5-6-23(43)44)34(45)28-21(37-7-4-8-48-14-40)10-17(12-38)25-26-18(13-39)11-22(42)29-31(26)32(27(20)30(25)28)33(24(15)16(2)41)36(47-3)35(29)46/h9-11,14,24,37-39,46H,4-8,12-13H2,1-3H3,(H,43,44). The highest BCUT2D eigenvalue weighted by Gasteiger charge is 2.36. The Morgan fingerprint density at radius 2 is 1.62 bits per heavy atom. The predicted molar refractivity (Wildman–Crippen MR) is 180 cm³/mol. The summed E-state index contributed by atoms with van der Waals surface area (Å²) >= 11 is 0. The van der Waals surface area contributed by atoms with Crippen LogP contribution in [0.5, 0.6) is 11.5 Å². The molecule has 1 atom stereocenters. The Hall–Kier alpha value is -5.33. The second kappa shape index (κ2) is 12.4. The first-order valence-electron chi connectivity index (χ1n) is 15.4. The Morgan fingerprint density at radius 3 is 2.23 bits per heavy atom. The first-order chi connectivity index (χ1) is 23.0. The summed E-state index contributed by atoms with van der Waals surface area (Å²) in [6, 6.07) is 2.79. The van der Waals surface area contributed by atoms with Crippen LogP contribution in [0.3, 0.4) is 0 Å². The third-order valence-corrected chi connectivity index (χ3v) is 9.32. The third-order valence-electron chi connectivity index (χ3n) is 9.32. The van der Waals surface area contributed by atoms with Crippen LogP contribution in [-0.4, -0.2) is 58.9 Å². The molecule has 5 aromatic carbocycles. The van der Waals surface area contributed by atoms with E-state index in [1.54, 1.807) is 19.1 Å². The van der Waals surface area contributed by atoms with E-state index in [2.05, 4.69) is 5.32 Å². The average Bonchev–Trinajstić information content (AvgIpc) is 3.18. The number of methoxy groups -OCH3 is 1. The number of hydrogen-bond acceptors (Lipinski definition) is 11. The van der Waals surface area contributed by atoms with Crippen LogP contribution in [0.2, 0.25) is 0 Å². The Morgan fingerprint density at radius 1 is 0.958 bits per heavy atom. The molecule has 0 radical (unpaired) electrons. The molecule has 6 rings (SSSR count). The molecule has 0 saturated carbocycles. The first kappa shape index (κ1) is 32.6. The van der Waals surface area contributed by atoms with Crippen LogP contribution < -0.4 is 20.9 Å². The lowest BCUT2D eigenvalue weighted by Crippen LogP contribution is -2.18. The summed E-state index contributed by atoms with van der Waals surface area (Å²) in [5.74, 6) is -3.02. The third kappa shape index (κ3) is 4.70. The fraction of sp³-hybridized carbons (Fsp3) is 0.306. The highest BCUT2D eigenvalue weighted by atomic mass is 16.5. The van der Waals surface area contributed by atoms with Crippen molar-refractivity contribution in [2.75, 3.05) is 25.6 Å². The molecule has 5 aromatic rings. The van der Waals surface area contributed by atoms with Crippen molar-refractivity contribution >= 4 is 73.1 Å². The summed E-state index contributed by atoms with van der Waals surface area (Å²) in [5, 5.41) is 48.1. The molecule has 0 fully saturated rings. The van der Waals surface area contributed by atoms with E-state index < -0.39 is 41.7 Å². The number of phenols is 1. The summed E-state index contributed by atoms with van der Waals surface area (Å²) in [4.78, 5) is 64.4. The van der Waals surface area contributed by atoms with E-state index in [4.69, 9.17) is 9.47 Å². The van der Waals surface area contributed by atoms with Crippen LogP contribution in [0.15, 0.2) is 27.3 Å². The Labute approximate surface area is 272 Å². The number of ketones is 1. The van der Waals surface area contributed by atoms with Gasteiger partial charge in [-0.1, -0.05) is 11.6 Å². The van der Waals surface area contributed by atoms with Gasteiger partial charge < -0.3 is 35.2 Å². The van der Waals surface area contributed by atoms with E-state index in [1.807, 2.05) is 0 Å². The van der Waals surface area contributed by atoms with Gasteiger partial charge in [-0.25, -0.2) is 0 Å². The van der Waals surface area contributed by atoms with Gasteiger partial charge in [-0.2, -0.15) is 0 Å². The van der Waals surface area contributed by atoms with Crippen LogP contribution in [-0.2, 0) is 38.8 Å². The van der Waals surface area contributed by atoms with Gasteiger partial charge in [0.15, 0.2) is 22.4 Å². The van der Waals surface area contributed by atoms with Crippen LogP contribution in [0, 0.1) is 0 Å². The Kier molecular flexibility index (Phi) is 8.40. The van der Waals surface area contributed by atoms with Gasteiger partial charge in [-0.15, -0.1) is 0 Å². The molecular formula is C36H33NO11. The quantitative estimate of drug-likeness (QED) is 0.0535. The topological polar surface area (TPSA) is 197 Å². The number of aliphatic hydroxyl groups excluding tert-OH is 2. The van der Waals surface area contributed by atoms with Gasteiger partial charge in [0.05, 0.1) is 43.6 Å². The zero-order chi connectivity index (χ0) is 34.6. The largest absolute Gasteiger partial charge is 0.504 e. The number of carbonyl (C=O) groups excluding carboxylic acids is 2. The number of nitrogens with one attached hydrogen (secondary N) is 1. The fourth-order valence-electron chi connectivity index (χ4n) is 7.56. The number of aliphatic carboxylic acids is 1. The smallest absolute Gasteiger partial charge is 0.303 e. The number of fused-ring (bicyclic) bond motifs is 1. The van der Waals surface area contributed by atoms with Gasteiger partial charge in [0, 0.05) is 40.6 Å². The molecule has 0 aromatic heterocycles. The number of carboxylic acid groups (broad SMARTS) is 1. The molecule has 0 saturated heterocycles. The van der Waals surface area contributed by atoms with Crippen LogP contribution >= 0.6 is 0 Å². The second-order valence-corrected chi connectivity index (χ2v) is 12.0. The monoisotopic (exact) mass is 655 g/mol. The van der Waals surface area contributed by atoms with Crippen molar-refractivity contribution in [1.29, 1.82) is 0 Å². The maximum absolute atomic E-state index is 14.7. The lowest BCUT2D eigenvalue weighted by Gasteiger charge is -2.26. The lowest BCUT2D eigenvalue weighted by molar-refractivity contribution is -0.137. The number of anilines is 1. The normalized spacial score (nSPS) is 14.2. The summed E-state index contributed by atoms with van der Waals surface area (Å²) < 4.78 is 10.5. The van der Waals surface area contributed by atoms with Crippen LogP contribution in [0.1, 0.15) is 60.4 Å². The molecule has 5 N–H and O–H groups in total. The average molecular weight is 656 g/mol. The Balaban J connectivity index is 1.99. The van der Waals surface area contributed by atoms with Crippen molar-refractivity contribution in [3.8, 4) is 11.5 Å². The number of rotatable bonds is 13. The van der Waals surface area contributed by atoms with Gasteiger partial charge in [-0.3, -0.25) is 24.0 Å². The summed E-state index contributed by atoms with van der Waals surface area (Å²) in [5.41, 5.74) is 1.08. The number of phenolic OH excluding ortho intramolecular Hbond substituents is 1. The van der Waals surface area contributed by atoms with Gasteiger partial charge in [-0.05, 0) is 77.1 Å². The number of ether oxygens (including phenoxy) is 2. The molecule has 12 nitrogen and oxygen atoms in total. The minimum atomic E-state index is -1.13. The van der Waals surface area contributed by atoms with Crippen molar-refractivity contribution in [2.24, 2.45) is 0 Å². The highest BCUT2D eigenvalue weighted by Crippen LogP contribution is 2.55. The molecule has 1 unspecified atom stereocenters. The number of Topliss-reactive ketones (excluding diaryl/α,β-unsaturated/α-hetero) is 1. The molecule has 12 heteroatoms. The number of carboxylic acids is 1. The van der Waals surface area contributed by atoms with E-state index in [0.29, 0.717) is 62.2 Å². The van der Waals surface area contributed by atoms with Crippen LogP contribution in [0.4, 0.5) is 5.69 Å². The van der Waals surface area contributed by atoms with Gasteiger partial charge >= 0.3 is 5.97 Å². The molecule has 248 valence electrons. The summed E-state index contributed by atoms with van der Waals surface area (Å²) in [7, 11) is 1.31. The number of carbonyl (C=O) groups is 3. The highest BCUT2D eigenvalue weighted by molar-refractivity contribution is 6.39. The number of allylic oxidation sites excluding steroid dienone is 1. The maximum Gasteiger partial charge on any atom is 0.303 e. The zero-order valence-electron chi connectivity index (χ0n) is 26.5. The second-order valence-electron chi connectivity index (χ2n) is 12.0. The van der Waals surface area contributed by atoms with Crippen molar-refractivity contribution in [3.63, 3.8) is 0 Å². The first-order valence-corrected chi connectivity index (χ1v) is 15.4. The lowest BCUT2D eigenvalue weighted by atomic mass is 9.78. The van der Waals surface area contributed by atoms with E-state index in [9.17, 15) is 44.4 Å². The molecule has 0 bridgehead atoms. The maximum atomic E-state index is 14.7. The van der Waals surface area contributed by atoms with Crippen LogP contribution in [0.25, 0.3) is 49.2 Å². The van der Waals surface area contributed by atoms with E-state index >= 15 is 0 Å². The molecule has 1 aliphatic rings. The predicted octanol–water partition coefficient (Wildman–Crippen LogP) is 3.68. The molecule has 48 heavy (non-hydrogen) atoms. The van der Waals surface area contributed by atoms with Crippen molar-refractivity contribution in [2.45, 2.75) is 52.2 Å². The summed E-state index contributed by atoms with van der Waals surface area (Å²) in [6.45, 7) is 2.67. The van der Waals surface area contributed by atoms with Crippen molar-refractivity contribution in [1.82, 2.24) is 0 Å². The fourth-order valence-corrected chi connectivity index (χ4v) is 7.56. The van der Waals surface area contributed by atoms with Gasteiger partial charge in [0.25, 0.3) is 6.47 Å². The number of benzene rings is 5. The number of aromatic hydroxyl groups is 1. The molecule has 0 aliphatic heterocycles. The molecular weight excluding hydrogens is 622 g/mol. The molecule has 0 amide bonds. The molecule has 0 spiro atoms. The molecule has 0 heterocycles. The van der Waals surface area contributed by atoms with Gasteiger partial charge in [0.2, 0.25) is 0 Å². The van der Waals surface area contributed by atoms with Crippen molar-refractivity contribution < 1.29 is 44.3 Å². The SMILES string of the molecule is COc1c(O)c2c(=O)cc(CO)c3c4c(CO)cc(NCCCOC=O)c5c(=O)c(CCC(=O)O)c6c(c(c1C(C(C)=O)C(C)=C6)c23)c54. The zero-order valence-corrected chi connectivity index (χ0v) is 26.5. The van der Waals surface area contributed by atoms with E-state index in [1.165, 1.54) is 20.1 Å². The minimum absolute atomic E-state index is 0.0974. The van der Waals surface area contributed by atoms with E-state index in [-0.39, 0.29) is 70.4 Å². The minimum Gasteiger partial charge on any atom is -0.504 e. The molecule has 1 aliphatic carbocycles. The van der Waals surface area contributed by atoms with Crippen molar-refractivity contribution in [3.05, 3.63) is 66.0 Å². The van der Waals surface area contributed by atoms with E-state index in [0.717, 1.165) is 0 Å². The summed E-state index contributed by atoms with van der Waals surface area (Å²) in [6.07, 6.45) is 1.53. The number of aliphatic hydroxyl groups is 2. The Bertz CT molecular complexity index is 2330. The van der Waals surface area contributed by atoms with Gasteiger partial charge in [0.1, 0.15) is 5.78 Å².